The van der Waals surface area contributed by atoms with Gasteiger partial charge in [0.2, 0.25) is 5.91 Å². The topological polar surface area (TPSA) is 32.3 Å². The highest BCUT2D eigenvalue weighted by molar-refractivity contribution is 5.84. The Morgan fingerprint density at radius 1 is 1.35 bits per heavy atom. The van der Waals surface area contributed by atoms with Crippen molar-refractivity contribution >= 4 is 5.91 Å². The molecule has 1 heterocycles. The number of amides is 1. The van der Waals surface area contributed by atoms with Crippen molar-refractivity contribution in [3.8, 4) is 0 Å². The smallest absolute Gasteiger partial charge is 0.241 e. The van der Waals surface area contributed by atoms with Gasteiger partial charge >= 0.3 is 0 Å². The van der Waals surface area contributed by atoms with Crippen LogP contribution < -0.4 is 5.32 Å². The average Bonchev–Trinajstić information content (AvgIpc) is 2.87. The molecule has 2 fully saturated rings. The summed E-state index contributed by atoms with van der Waals surface area (Å²) in [6.45, 7) is 7.32. The van der Waals surface area contributed by atoms with Crippen LogP contribution >= 0.6 is 0 Å². The monoisotopic (exact) mass is 238 g/mol. The molecule has 1 aliphatic heterocycles. The first-order valence-corrected chi connectivity index (χ1v) is 7.20. The van der Waals surface area contributed by atoms with Gasteiger partial charge in [-0.1, -0.05) is 26.7 Å². The van der Waals surface area contributed by atoms with Crippen LogP contribution in [0.1, 0.15) is 52.9 Å². The van der Waals surface area contributed by atoms with Crippen LogP contribution in [-0.2, 0) is 4.79 Å². The van der Waals surface area contributed by atoms with Crippen molar-refractivity contribution in [2.24, 2.45) is 11.8 Å². The number of nitrogens with one attached hydrogen (secondary N) is 1. The van der Waals surface area contributed by atoms with Crippen LogP contribution in [0.25, 0.3) is 0 Å². The van der Waals surface area contributed by atoms with E-state index in [2.05, 4.69) is 31.0 Å². The van der Waals surface area contributed by atoms with E-state index in [4.69, 9.17) is 0 Å². The average molecular weight is 238 g/mol. The molecule has 0 spiro atoms. The molecule has 0 aromatic heterocycles. The molecule has 1 N–H and O–H groups in total. The van der Waals surface area contributed by atoms with Gasteiger partial charge in [-0.15, -0.1) is 0 Å². The lowest BCUT2D eigenvalue weighted by Crippen LogP contribution is -2.42. The molecular weight excluding hydrogens is 212 g/mol. The summed E-state index contributed by atoms with van der Waals surface area (Å²) >= 11 is 0. The summed E-state index contributed by atoms with van der Waals surface area (Å²) in [5.74, 6) is 1.60. The normalized spacial score (nSPS) is 30.8. The van der Waals surface area contributed by atoms with Crippen LogP contribution in [0.15, 0.2) is 0 Å². The molecule has 2 unspecified atom stereocenters. The number of carbonyl (C=O) groups excluding carboxylic acids is 1. The van der Waals surface area contributed by atoms with Gasteiger partial charge in [-0.05, 0) is 38.0 Å². The number of hydrogen-bond acceptors (Lipinski definition) is 2. The van der Waals surface area contributed by atoms with Crippen LogP contribution in [0.2, 0.25) is 0 Å². The molecule has 2 aliphatic rings. The zero-order valence-corrected chi connectivity index (χ0v) is 11.4. The molecular formula is C14H26N2O. The Morgan fingerprint density at radius 2 is 2.00 bits per heavy atom. The van der Waals surface area contributed by atoms with E-state index in [1.165, 1.54) is 25.7 Å². The predicted octanol–water partition coefficient (Wildman–Crippen LogP) is 2.37. The minimum Gasteiger partial charge on any atom is -0.326 e. The lowest BCUT2D eigenvalue weighted by atomic mass is 10.0. The predicted molar refractivity (Wildman–Crippen MR) is 69.5 cm³/mol. The Labute approximate surface area is 105 Å². The second-order valence-electron chi connectivity index (χ2n) is 5.96. The zero-order valence-electron chi connectivity index (χ0n) is 11.4. The highest BCUT2D eigenvalue weighted by atomic mass is 16.2. The van der Waals surface area contributed by atoms with Crippen LogP contribution in [0, 0.1) is 11.8 Å². The van der Waals surface area contributed by atoms with Crippen molar-refractivity contribution < 1.29 is 4.79 Å². The quantitative estimate of drug-likeness (QED) is 0.815. The fraction of sp³-hybridized carbons (Fsp3) is 0.929. The number of nitrogens with zero attached hydrogens (tertiary/aromatic N) is 1. The summed E-state index contributed by atoms with van der Waals surface area (Å²) in [7, 11) is 0. The first kappa shape index (κ1) is 12.9. The maximum absolute atomic E-state index is 12.3. The van der Waals surface area contributed by atoms with E-state index in [0.717, 1.165) is 13.0 Å². The summed E-state index contributed by atoms with van der Waals surface area (Å²) in [6.07, 6.45) is 6.54. The molecule has 2 atom stereocenters. The fourth-order valence-electron chi connectivity index (χ4n) is 3.36. The Kier molecular flexibility index (Phi) is 4.08. The number of rotatable bonds is 4. The molecule has 0 aromatic carbocycles. The summed E-state index contributed by atoms with van der Waals surface area (Å²) in [5.41, 5.74) is 0. The van der Waals surface area contributed by atoms with Crippen molar-refractivity contribution in [1.29, 1.82) is 0 Å². The maximum atomic E-state index is 12.3. The van der Waals surface area contributed by atoms with E-state index in [0.29, 0.717) is 23.9 Å². The van der Waals surface area contributed by atoms with Crippen molar-refractivity contribution in [2.75, 3.05) is 6.54 Å². The number of carbonyl (C=O) groups is 1. The Bertz CT molecular complexity index is 271. The molecule has 1 aliphatic carbocycles. The maximum Gasteiger partial charge on any atom is 0.241 e. The lowest BCUT2D eigenvalue weighted by Gasteiger charge is -2.27. The molecule has 1 saturated carbocycles. The van der Waals surface area contributed by atoms with E-state index in [1.807, 2.05) is 0 Å². The van der Waals surface area contributed by atoms with Crippen LogP contribution in [0.4, 0.5) is 0 Å². The summed E-state index contributed by atoms with van der Waals surface area (Å²) < 4.78 is 0. The third-order valence-corrected chi connectivity index (χ3v) is 4.18. The molecule has 2 rings (SSSR count). The molecule has 1 saturated heterocycles. The van der Waals surface area contributed by atoms with Crippen LogP contribution in [0.3, 0.4) is 0 Å². The molecule has 17 heavy (non-hydrogen) atoms. The van der Waals surface area contributed by atoms with Gasteiger partial charge in [0.15, 0.2) is 0 Å². The van der Waals surface area contributed by atoms with E-state index < -0.39 is 0 Å². The summed E-state index contributed by atoms with van der Waals surface area (Å²) in [6, 6.07) is 0.0700. The Hall–Kier alpha value is -0.570. The summed E-state index contributed by atoms with van der Waals surface area (Å²) in [5, 5.41) is 3.59. The van der Waals surface area contributed by atoms with Gasteiger partial charge in [0.25, 0.3) is 0 Å². The minimum atomic E-state index is 0.0700. The largest absolute Gasteiger partial charge is 0.326 e. The van der Waals surface area contributed by atoms with Crippen LogP contribution in [-0.4, -0.2) is 29.6 Å². The second kappa shape index (κ2) is 5.38. The Balaban J connectivity index is 2.03. The molecule has 0 aromatic rings. The van der Waals surface area contributed by atoms with Crippen molar-refractivity contribution in [2.45, 2.75) is 65.1 Å². The third-order valence-electron chi connectivity index (χ3n) is 4.18. The van der Waals surface area contributed by atoms with E-state index in [-0.39, 0.29) is 6.04 Å². The van der Waals surface area contributed by atoms with E-state index in [1.54, 1.807) is 0 Å². The minimum absolute atomic E-state index is 0.0700. The Morgan fingerprint density at radius 3 is 2.53 bits per heavy atom. The number of likely N-dealkylation sites (N-methyl/N-ethyl adjacent to an activating group) is 1. The molecule has 0 radical (unpaired) electrons. The lowest BCUT2D eigenvalue weighted by molar-refractivity contribution is -0.130. The summed E-state index contributed by atoms with van der Waals surface area (Å²) in [4.78, 5) is 14.4. The van der Waals surface area contributed by atoms with Crippen LogP contribution in [0.5, 0.6) is 0 Å². The van der Waals surface area contributed by atoms with Gasteiger partial charge in [0.1, 0.15) is 0 Å². The fourth-order valence-corrected chi connectivity index (χ4v) is 3.36. The standard InChI is InChI=1S/C14H26N2O/c1-4-16-13(11-7-5-6-8-11)15-12(14(16)17)9-10(2)3/h10-13,15H,4-9H2,1-3H3. The second-order valence-corrected chi connectivity index (χ2v) is 5.96. The van der Waals surface area contributed by atoms with Gasteiger partial charge in [-0.2, -0.15) is 0 Å². The van der Waals surface area contributed by atoms with Gasteiger partial charge in [0.05, 0.1) is 12.2 Å². The highest BCUT2D eigenvalue weighted by Crippen LogP contribution is 2.32. The van der Waals surface area contributed by atoms with Gasteiger partial charge in [-0.25, -0.2) is 0 Å². The molecule has 98 valence electrons. The molecule has 3 nitrogen and oxygen atoms in total. The van der Waals surface area contributed by atoms with Gasteiger partial charge < -0.3 is 4.90 Å². The SMILES string of the molecule is CCN1C(=O)C(CC(C)C)NC1C1CCCC1. The van der Waals surface area contributed by atoms with E-state index in [9.17, 15) is 4.79 Å². The number of hydrogen-bond donors (Lipinski definition) is 1. The molecule has 0 bridgehead atoms. The van der Waals surface area contributed by atoms with Crippen molar-refractivity contribution in [3.63, 3.8) is 0 Å². The first-order chi connectivity index (χ1) is 8.13. The molecule has 3 heteroatoms. The van der Waals surface area contributed by atoms with Gasteiger partial charge in [0, 0.05) is 6.54 Å². The van der Waals surface area contributed by atoms with Crippen molar-refractivity contribution in [1.82, 2.24) is 10.2 Å². The zero-order chi connectivity index (χ0) is 12.4. The van der Waals surface area contributed by atoms with E-state index >= 15 is 0 Å². The van der Waals surface area contributed by atoms with Crippen molar-refractivity contribution in [3.05, 3.63) is 0 Å². The third kappa shape index (κ3) is 2.65. The first-order valence-electron chi connectivity index (χ1n) is 7.20. The highest BCUT2D eigenvalue weighted by Gasteiger charge is 2.42. The van der Waals surface area contributed by atoms with Gasteiger partial charge in [-0.3, -0.25) is 10.1 Å². The molecule has 1 amide bonds.